The quantitative estimate of drug-likeness (QED) is 0.782. The van der Waals surface area contributed by atoms with Crippen molar-refractivity contribution in [3.8, 4) is 0 Å². The van der Waals surface area contributed by atoms with Crippen molar-refractivity contribution in [1.82, 2.24) is 9.88 Å². The molecule has 0 bridgehead atoms. The Balaban J connectivity index is 1.82. The van der Waals surface area contributed by atoms with Crippen molar-refractivity contribution >= 4 is 26.8 Å². The van der Waals surface area contributed by atoms with Crippen molar-refractivity contribution in [1.29, 1.82) is 0 Å². The number of benzene rings is 1. The van der Waals surface area contributed by atoms with E-state index >= 15 is 0 Å². The first-order valence-corrected chi connectivity index (χ1v) is 7.84. The molecule has 3 rings (SSSR count). The summed E-state index contributed by atoms with van der Waals surface area (Å²) < 4.78 is 0. The van der Waals surface area contributed by atoms with Crippen LogP contribution in [0.4, 0.5) is 0 Å². The van der Waals surface area contributed by atoms with Crippen LogP contribution in [0.1, 0.15) is 18.9 Å². The number of rotatable bonds is 2. The first kappa shape index (κ1) is 13.1. The number of hydrogen-bond acceptors (Lipinski definition) is 2. The van der Waals surface area contributed by atoms with Gasteiger partial charge in [-0.25, -0.2) is 0 Å². The second-order valence-electron chi connectivity index (χ2n) is 5.51. The smallest absolute Gasteiger partial charge is 0.0746 e. The van der Waals surface area contributed by atoms with E-state index in [1.165, 1.54) is 30.5 Å². The van der Waals surface area contributed by atoms with Crippen molar-refractivity contribution in [2.24, 2.45) is 5.92 Å². The third-order valence-corrected chi connectivity index (χ3v) is 5.36. The Hall–Kier alpha value is -0.930. The summed E-state index contributed by atoms with van der Waals surface area (Å²) in [6, 6.07) is 10.6. The van der Waals surface area contributed by atoms with Crippen LogP contribution in [-0.2, 0) is 6.54 Å². The van der Waals surface area contributed by atoms with Crippen LogP contribution in [0.25, 0.3) is 10.9 Å². The normalized spacial score (nSPS) is 24.7. The number of para-hydroxylation sites is 1. The number of nitrogens with zero attached hydrogens (tertiary/aromatic N) is 2. The molecule has 19 heavy (non-hydrogen) atoms. The average molecular weight is 319 g/mol. The molecule has 2 aromatic rings. The number of alkyl halides is 1. The standard InChI is InChI=1S/C16H19BrN2/c1-12-10-19(9-7-15(12)17)11-14-5-2-4-13-6-3-8-18-16(13)14/h2-6,8,12,15H,7,9-11H2,1H3. The van der Waals surface area contributed by atoms with E-state index < -0.39 is 0 Å². The predicted molar refractivity (Wildman–Crippen MR) is 83.5 cm³/mol. The lowest BCUT2D eigenvalue weighted by Crippen LogP contribution is -2.39. The SMILES string of the molecule is CC1CN(Cc2cccc3cccnc23)CCC1Br. The van der Waals surface area contributed by atoms with Crippen LogP contribution in [0.5, 0.6) is 0 Å². The number of halogens is 1. The lowest BCUT2D eigenvalue weighted by Gasteiger charge is -2.34. The van der Waals surface area contributed by atoms with E-state index in [9.17, 15) is 0 Å². The fourth-order valence-electron chi connectivity index (χ4n) is 2.88. The molecule has 100 valence electrons. The van der Waals surface area contributed by atoms with Crippen molar-refractivity contribution in [3.05, 3.63) is 42.1 Å². The highest BCUT2D eigenvalue weighted by molar-refractivity contribution is 9.09. The first-order valence-electron chi connectivity index (χ1n) is 6.93. The Kier molecular flexibility index (Phi) is 3.85. The number of pyridine rings is 1. The summed E-state index contributed by atoms with van der Waals surface area (Å²) in [6.45, 7) is 5.67. The maximum Gasteiger partial charge on any atom is 0.0746 e. The van der Waals surface area contributed by atoms with Crippen LogP contribution in [0, 0.1) is 5.92 Å². The molecule has 0 radical (unpaired) electrons. The minimum Gasteiger partial charge on any atom is -0.299 e. The van der Waals surface area contributed by atoms with E-state index in [1.807, 2.05) is 12.3 Å². The van der Waals surface area contributed by atoms with Crippen LogP contribution in [0.3, 0.4) is 0 Å². The van der Waals surface area contributed by atoms with E-state index in [1.54, 1.807) is 0 Å². The molecule has 0 N–H and O–H groups in total. The van der Waals surface area contributed by atoms with E-state index in [-0.39, 0.29) is 0 Å². The molecular weight excluding hydrogens is 300 g/mol. The summed E-state index contributed by atoms with van der Waals surface area (Å²) >= 11 is 3.77. The Morgan fingerprint density at radius 1 is 1.32 bits per heavy atom. The van der Waals surface area contributed by atoms with E-state index in [0.717, 1.165) is 18.0 Å². The molecule has 2 heterocycles. The molecule has 1 fully saturated rings. The van der Waals surface area contributed by atoms with Gasteiger partial charge in [-0.2, -0.15) is 0 Å². The van der Waals surface area contributed by atoms with Crippen LogP contribution in [0.15, 0.2) is 36.5 Å². The Morgan fingerprint density at radius 2 is 2.16 bits per heavy atom. The molecule has 1 aromatic carbocycles. The van der Waals surface area contributed by atoms with Crippen molar-refractivity contribution < 1.29 is 0 Å². The van der Waals surface area contributed by atoms with Crippen LogP contribution < -0.4 is 0 Å². The summed E-state index contributed by atoms with van der Waals surface area (Å²) in [6.07, 6.45) is 3.12. The first-order chi connectivity index (χ1) is 9.24. The maximum absolute atomic E-state index is 4.54. The van der Waals surface area contributed by atoms with Gasteiger partial charge in [-0.1, -0.05) is 47.1 Å². The van der Waals surface area contributed by atoms with Gasteiger partial charge in [-0.15, -0.1) is 0 Å². The fraction of sp³-hybridized carbons (Fsp3) is 0.438. The molecule has 0 amide bonds. The number of hydrogen-bond donors (Lipinski definition) is 0. The molecule has 0 spiro atoms. The molecule has 1 aliphatic heterocycles. The van der Waals surface area contributed by atoms with Gasteiger partial charge >= 0.3 is 0 Å². The number of likely N-dealkylation sites (tertiary alicyclic amines) is 1. The van der Waals surface area contributed by atoms with Gasteiger partial charge in [0.2, 0.25) is 0 Å². The van der Waals surface area contributed by atoms with E-state index in [0.29, 0.717) is 4.83 Å². The zero-order valence-corrected chi connectivity index (χ0v) is 12.8. The van der Waals surface area contributed by atoms with Crippen LogP contribution in [-0.4, -0.2) is 27.8 Å². The van der Waals surface area contributed by atoms with E-state index in [2.05, 4.69) is 57.0 Å². The van der Waals surface area contributed by atoms with Gasteiger partial charge in [0.25, 0.3) is 0 Å². The van der Waals surface area contributed by atoms with Gasteiger partial charge in [0, 0.05) is 29.5 Å². The molecule has 2 nitrogen and oxygen atoms in total. The Labute approximate surface area is 123 Å². The molecule has 1 saturated heterocycles. The summed E-state index contributed by atoms with van der Waals surface area (Å²) in [5.41, 5.74) is 2.50. The predicted octanol–water partition coefficient (Wildman–Crippen LogP) is 3.84. The minimum atomic E-state index is 0.675. The summed E-state index contributed by atoms with van der Waals surface area (Å²) in [5.74, 6) is 0.719. The molecule has 1 aliphatic rings. The lowest BCUT2D eigenvalue weighted by atomic mass is 9.99. The molecule has 2 unspecified atom stereocenters. The average Bonchev–Trinajstić information content (AvgIpc) is 2.43. The summed E-state index contributed by atoms with van der Waals surface area (Å²) in [4.78, 5) is 7.77. The largest absolute Gasteiger partial charge is 0.299 e. The molecular formula is C16H19BrN2. The van der Waals surface area contributed by atoms with Gasteiger partial charge in [0.15, 0.2) is 0 Å². The monoisotopic (exact) mass is 318 g/mol. The minimum absolute atomic E-state index is 0.675. The van der Waals surface area contributed by atoms with Gasteiger partial charge in [-0.05, 0) is 30.5 Å². The van der Waals surface area contributed by atoms with Gasteiger partial charge < -0.3 is 0 Å². The maximum atomic E-state index is 4.54. The molecule has 1 aromatic heterocycles. The summed E-state index contributed by atoms with van der Waals surface area (Å²) in [7, 11) is 0. The van der Waals surface area contributed by atoms with Crippen molar-refractivity contribution in [3.63, 3.8) is 0 Å². The zero-order chi connectivity index (χ0) is 13.2. The van der Waals surface area contributed by atoms with Crippen LogP contribution in [0.2, 0.25) is 0 Å². The highest BCUT2D eigenvalue weighted by Gasteiger charge is 2.24. The Morgan fingerprint density at radius 3 is 3.00 bits per heavy atom. The van der Waals surface area contributed by atoms with Crippen LogP contribution >= 0.6 is 15.9 Å². The number of piperidine rings is 1. The van der Waals surface area contributed by atoms with Gasteiger partial charge in [-0.3, -0.25) is 9.88 Å². The molecule has 0 aliphatic carbocycles. The van der Waals surface area contributed by atoms with E-state index in [4.69, 9.17) is 0 Å². The number of aromatic nitrogens is 1. The third-order valence-electron chi connectivity index (χ3n) is 3.99. The highest BCUT2D eigenvalue weighted by Crippen LogP contribution is 2.25. The molecule has 2 atom stereocenters. The second kappa shape index (κ2) is 5.59. The highest BCUT2D eigenvalue weighted by atomic mass is 79.9. The lowest BCUT2D eigenvalue weighted by molar-refractivity contribution is 0.184. The van der Waals surface area contributed by atoms with Gasteiger partial charge in [0.1, 0.15) is 0 Å². The fourth-order valence-corrected chi connectivity index (χ4v) is 3.25. The topological polar surface area (TPSA) is 16.1 Å². The van der Waals surface area contributed by atoms with Crippen molar-refractivity contribution in [2.45, 2.75) is 24.7 Å². The van der Waals surface area contributed by atoms with Crippen molar-refractivity contribution in [2.75, 3.05) is 13.1 Å². The zero-order valence-electron chi connectivity index (χ0n) is 11.2. The summed E-state index contributed by atoms with van der Waals surface area (Å²) in [5, 5.41) is 1.24. The number of fused-ring (bicyclic) bond motifs is 1. The third kappa shape index (κ3) is 2.82. The second-order valence-corrected chi connectivity index (χ2v) is 6.69. The molecule has 0 saturated carbocycles. The van der Waals surface area contributed by atoms with Gasteiger partial charge in [0.05, 0.1) is 5.52 Å². The Bertz CT molecular complexity index is 564. The molecule has 3 heteroatoms.